The molecule has 0 saturated carbocycles. The number of pyridine rings is 1. The number of hydrogen-bond donors (Lipinski definition) is 3. The molecule has 0 amide bonds. The van der Waals surface area contributed by atoms with E-state index in [0.717, 1.165) is 0 Å². The molecule has 2 aromatic heterocycles. The molecule has 11 heteroatoms. The Balaban J connectivity index is 1.65. The summed E-state index contributed by atoms with van der Waals surface area (Å²) >= 11 is 0. The molecule has 186 valence electrons. The Labute approximate surface area is 200 Å². The van der Waals surface area contributed by atoms with Crippen LogP contribution in [0.4, 0.5) is 24.7 Å². The molecule has 3 atom stereocenters. The molecule has 0 spiro atoms. The van der Waals surface area contributed by atoms with E-state index in [9.17, 15) is 23.2 Å². The highest BCUT2D eigenvalue weighted by Gasteiger charge is 2.40. The van der Waals surface area contributed by atoms with Gasteiger partial charge < -0.3 is 20.4 Å². The van der Waals surface area contributed by atoms with Gasteiger partial charge in [0.15, 0.2) is 5.82 Å². The van der Waals surface area contributed by atoms with E-state index in [1.165, 1.54) is 30.5 Å². The number of aromatic nitrogens is 3. The van der Waals surface area contributed by atoms with Gasteiger partial charge in [-0.1, -0.05) is 26.0 Å². The monoisotopic (exact) mass is 488 g/mol. The zero-order valence-electron chi connectivity index (χ0n) is 19.4. The molecular weight excluding hydrogens is 461 g/mol. The summed E-state index contributed by atoms with van der Waals surface area (Å²) in [5.41, 5.74) is 0.741. The molecule has 1 aliphatic heterocycles. The summed E-state index contributed by atoms with van der Waals surface area (Å²) < 4.78 is 48.0. The molecule has 1 fully saturated rings. The number of rotatable bonds is 7. The van der Waals surface area contributed by atoms with Crippen LogP contribution in [0.5, 0.6) is 0 Å². The summed E-state index contributed by atoms with van der Waals surface area (Å²) in [5.74, 6) is -0.00412. The fourth-order valence-corrected chi connectivity index (χ4v) is 4.23. The number of fused-ring (bicyclic) bond motifs is 1. The van der Waals surface area contributed by atoms with Crippen molar-refractivity contribution >= 4 is 22.4 Å². The minimum atomic E-state index is -4.44. The van der Waals surface area contributed by atoms with Crippen molar-refractivity contribution < 1.29 is 17.9 Å². The zero-order chi connectivity index (χ0) is 25.2. The summed E-state index contributed by atoms with van der Waals surface area (Å²) in [6, 6.07) is 7.70. The third kappa shape index (κ3) is 5.33. The number of halogens is 3. The smallest absolute Gasteiger partial charge is 0.379 e. The van der Waals surface area contributed by atoms with Gasteiger partial charge in [0.2, 0.25) is 0 Å². The van der Waals surface area contributed by atoms with E-state index in [0.29, 0.717) is 29.6 Å². The molecule has 3 heterocycles. The van der Waals surface area contributed by atoms with Crippen LogP contribution in [-0.2, 0) is 4.74 Å². The quantitative estimate of drug-likeness (QED) is 0.455. The lowest BCUT2D eigenvalue weighted by molar-refractivity contribution is -0.158. The number of aromatic amines is 1. The normalized spacial score (nSPS) is 19.6. The highest BCUT2D eigenvalue weighted by Crippen LogP contribution is 2.35. The van der Waals surface area contributed by atoms with Gasteiger partial charge in [-0.25, -0.2) is 0 Å². The second-order valence-corrected chi connectivity index (χ2v) is 9.05. The summed E-state index contributed by atoms with van der Waals surface area (Å²) in [6.07, 6.45) is -2.37. The highest BCUT2D eigenvalue weighted by molar-refractivity contribution is 5.91. The Bertz CT molecular complexity index is 1260. The lowest BCUT2D eigenvalue weighted by Gasteiger charge is -2.27. The van der Waals surface area contributed by atoms with Crippen molar-refractivity contribution in [3.8, 4) is 6.07 Å². The van der Waals surface area contributed by atoms with Crippen molar-refractivity contribution in [2.45, 2.75) is 38.5 Å². The Kier molecular flexibility index (Phi) is 7.14. The Morgan fingerprint density at radius 3 is 2.69 bits per heavy atom. The molecule has 8 nitrogen and oxygen atoms in total. The molecule has 1 saturated heterocycles. The van der Waals surface area contributed by atoms with Gasteiger partial charge in [0.25, 0.3) is 5.56 Å². The fourth-order valence-electron chi connectivity index (χ4n) is 4.23. The molecule has 4 rings (SSSR count). The molecule has 1 aliphatic rings. The van der Waals surface area contributed by atoms with E-state index in [4.69, 9.17) is 4.74 Å². The molecule has 35 heavy (non-hydrogen) atoms. The van der Waals surface area contributed by atoms with Crippen LogP contribution in [0.2, 0.25) is 0 Å². The Hall–Kier alpha value is -3.36. The number of nitrogens with zero attached hydrogens (tertiary/aromatic N) is 3. The summed E-state index contributed by atoms with van der Waals surface area (Å²) in [4.78, 5) is 15.3. The number of alkyl halides is 3. The average Bonchev–Trinajstić information content (AvgIpc) is 3.18. The number of H-pyrrole nitrogens is 1. The summed E-state index contributed by atoms with van der Waals surface area (Å²) in [7, 11) is 0. The predicted octanol–water partition coefficient (Wildman–Crippen LogP) is 4.42. The van der Waals surface area contributed by atoms with Gasteiger partial charge in [0.1, 0.15) is 11.4 Å². The Morgan fingerprint density at radius 2 is 2.03 bits per heavy atom. The minimum absolute atomic E-state index is 0.0671. The van der Waals surface area contributed by atoms with Gasteiger partial charge in [-0.3, -0.25) is 9.48 Å². The molecule has 1 aromatic carbocycles. The first-order valence-electron chi connectivity index (χ1n) is 11.4. The van der Waals surface area contributed by atoms with Crippen LogP contribution in [0.1, 0.15) is 37.9 Å². The van der Waals surface area contributed by atoms with Crippen LogP contribution in [0.25, 0.3) is 10.9 Å². The van der Waals surface area contributed by atoms with E-state index < -0.39 is 12.2 Å². The van der Waals surface area contributed by atoms with E-state index in [1.54, 1.807) is 10.7 Å². The third-order valence-electron chi connectivity index (χ3n) is 6.00. The van der Waals surface area contributed by atoms with Crippen LogP contribution >= 0.6 is 0 Å². The van der Waals surface area contributed by atoms with Gasteiger partial charge in [0.05, 0.1) is 30.2 Å². The van der Waals surface area contributed by atoms with Crippen LogP contribution in [0.15, 0.2) is 41.3 Å². The van der Waals surface area contributed by atoms with Crippen LogP contribution in [0.3, 0.4) is 0 Å². The van der Waals surface area contributed by atoms with Crippen molar-refractivity contribution in [1.82, 2.24) is 20.1 Å². The predicted molar refractivity (Wildman–Crippen MR) is 125 cm³/mol. The SMILES string of the molecule is CC(C)CNC(c1ccc(Nc2nn([C@H]3COCCC3C#N)c3cc[nH]c(=O)c23)cc1)C(F)(F)F. The van der Waals surface area contributed by atoms with E-state index in [-0.39, 0.29) is 48.0 Å². The topological polar surface area (TPSA) is 108 Å². The molecule has 0 bridgehead atoms. The number of nitriles is 1. The zero-order valence-corrected chi connectivity index (χ0v) is 19.4. The summed E-state index contributed by atoms with van der Waals surface area (Å²) in [5, 5.41) is 20.1. The first kappa shape index (κ1) is 24.8. The van der Waals surface area contributed by atoms with Crippen molar-refractivity contribution in [2.24, 2.45) is 11.8 Å². The lowest BCUT2D eigenvalue weighted by atomic mass is 9.96. The van der Waals surface area contributed by atoms with E-state index in [1.807, 2.05) is 13.8 Å². The molecule has 0 radical (unpaired) electrons. The van der Waals surface area contributed by atoms with Crippen molar-refractivity contribution in [1.29, 1.82) is 5.26 Å². The maximum absolute atomic E-state index is 13.6. The highest BCUT2D eigenvalue weighted by atomic mass is 19.4. The van der Waals surface area contributed by atoms with Gasteiger partial charge in [-0.2, -0.15) is 23.5 Å². The maximum atomic E-state index is 13.6. The number of nitrogens with one attached hydrogen (secondary N) is 3. The van der Waals surface area contributed by atoms with E-state index in [2.05, 4.69) is 26.8 Å². The average molecular weight is 489 g/mol. The van der Waals surface area contributed by atoms with E-state index >= 15 is 0 Å². The largest absolute Gasteiger partial charge is 0.407 e. The molecule has 3 N–H and O–H groups in total. The fraction of sp³-hybridized carbons (Fsp3) is 0.458. The van der Waals surface area contributed by atoms with Crippen LogP contribution in [-0.4, -0.2) is 40.7 Å². The van der Waals surface area contributed by atoms with Crippen LogP contribution in [0, 0.1) is 23.2 Å². The summed E-state index contributed by atoms with van der Waals surface area (Å²) in [6.45, 7) is 4.69. The second-order valence-electron chi connectivity index (χ2n) is 9.05. The van der Waals surface area contributed by atoms with Gasteiger partial charge in [-0.15, -0.1) is 0 Å². The minimum Gasteiger partial charge on any atom is -0.379 e. The number of benzene rings is 1. The number of hydrogen-bond acceptors (Lipinski definition) is 6. The number of anilines is 2. The van der Waals surface area contributed by atoms with Crippen molar-refractivity contribution in [3.63, 3.8) is 0 Å². The maximum Gasteiger partial charge on any atom is 0.407 e. The first-order valence-corrected chi connectivity index (χ1v) is 11.4. The second kappa shape index (κ2) is 10.1. The molecular formula is C24H27F3N6O2. The van der Waals surface area contributed by atoms with Gasteiger partial charge in [-0.05, 0) is 42.6 Å². The van der Waals surface area contributed by atoms with Crippen molar-refractivity contribution in [3.05, 3.63) is 52.4 Å². The first-order chi connectivity index (χ1) is 16.7. The molecule has 3 aromatic rings. The number of ether oxygens (including phenoxy) is 1. The third-order valence-corrected chi connectivity index (χ3v) is 6.00. The molecule has 2 unspecified atom stereocenters. The lowest BCUT2D eigenvalue weighted by Crippen LogP contribution is -2.36. The van der Waals surface area contributed by atoms with Crippen molar-refractivity contribution in [2.75, 3.05) is 25.1 Å². The van der Waals surface area contributed by atoms with Gasteiger partial charge >= 0.3 is 6.18 Å². The molecule has 0 aliphatic carbocycles. The Morgan fingerprint density at radius 1 is 1.29 bits per heavy atom. The van der Waals surface area contributed by atoms with Crippen LogP contribution < -0.4 is 16.2 Å². The standard InChI is InChI=1S/C24H27F3N6O2/c1-14(2)12-30-21(24(25,26)27)15-3-5-17(6-4-15)31-22-20-18(7-9-29-23(20)34)33(32-22)19-13-35-10-8-16(19)11-28/h3-7,9,14,16,19,21,30H,8,10,12-13H2,1-2H3,(H,29,34)(H,31,32)/t16?,19-,21?/m0/s1. The van der Waals surface area contributed by atoms with Gasteiger partial charge in [0, 0.05) is 18.5 Å².